The molecule has 0 fully saturated rings. The van der Waals surface area contributed by atoms with E-state index in [1.54, 1.807) is 6.26 Å². The number of nitrogens with one attached hydrogen (secondary N) is 1. The number of benzene rings is 1. The fraction of sp³-hybridized carbons (Fsp3) is 0.429. The standard InChI is InChI=1S/C14H19NO3/c1-10(2)15-8-11(16)9-18-14-5-3-4-13-12(14)6-7-17-13/h3-7,10-11,15-16H,8-9H2,1-2H3. The second-order valence-electron chi connectivity index (χ2n) is 4.62. The smallest absolute Gasteiger partial charge is 0.137 e. The first-order valence-corrected chi connectivity index (χ1v) is 6.17. The Kier molecular flexibility index (Phi) is 4.23. The van der Waals surface area contributed by atoms with E-state index in [2.05, 4.69) is 5.32 Å². The Balaban J connectivity index is 1.91. The molecule has 1 unspecified atom stereocenters. The Labute approximate surface area is 107 Å². The molecule has 1 heterocycles. The second kappa shape index (κ2) is 5.89. The summed E-state index contributed by atoms with van der Waals surface area (Å²) in [5.41, 5.74) is 0.794. The Morgan fingerprint density at radius 2 is 2.17 bits per heavy atom. The van der Waals surface area contributed by atoms with Crippen LogP contribution in [0, 0.1) is 0 Å². The summed E-state index contributed by atoms with van der Waals surface area (Å²) in [6, 6.07) is 7.86. The van der Waals surface area contributed by atoms with Crippen LogP contribution in [0.4, 0.5) is 0 Å². The molecule has 2 N–H and O–H groups in total. The maximum atomic E-state index is 9.77. The first kappa shape index (κ1) is 12.9. The average Bonchev–Trinajstić information content (AvgIpc) is 2.82. The number of fused-ring (bicyclic) bond motifs is 1. The van der Waals surface area contributed by atoms with Crippen LogP contribution in [0.2, 0.25) is 0 Å². The van der Waals surface area contributed by atoms with Crippen molar-refractivity contribution in [3.05, 3.63) is 30.5 Å². The molecule has 1 atom stereocenters. The van der Waals surface area contributed by atoms with Crippen molar-refractivity contribution in [1.82, 2.24) is 5.32 Å². The van der Waals surface area contributed by atoms with Crippen LogP contribution >= 0.6 is 0 Å². The summed E-state index contributed by atoms with van der Waals surface area (Å²) in [6.45, 7) is 4.88. The molecule has 98 valence electrons. The Morgan fingerprint density at radius 1 is 1.33 bits per heavy atom. The molecule has 2 rings (SSSR count). The van der Waals surface area contributed by atoms with Gasteiger partial charge in [-0.05, 0) is 18.2 Å². The summed E-state index contributed by atoms with van der Waals surface area (Å²) >= 11 is 0. The van der Waals surface area contributed by atoms with E-state index < -0.39 is 6.10 Å². The maximum absolute atomic E-state index is 9.77. The van der Waals surface area contributed by atoms with Crippen LogP contribution in [0.1, 0.15) is 13.8 Å². The van der Waals surface area contributed by atoms with E-state index in [0.717, 1.165) is 16.7 Å². The van der Waals surface area contributed by atoms with Gasteiger partial charge in [0.1, 0.15) is 24.0 Å². The van der Waals surface area contributed by atoms with Crippen molar-refractivity contribution in [3.63, 3.8) is 0 Å². The molecule has 0 saturated heterocycles. The highest BCUT2D eigenvalue weighted by atomic mass is 16.5. The van der Waals surface area contributed by atoms with Crippen LogP contribution < -0.4 is 10.1 Å². The van der Waals surface area contributed by atoms with Crippen LogP contribution in [-0.2, 0) is 0 Å². The molecule has 1 aromatic carbocycles. The van der Waals surface area contributed by atoms with Gasteiger partial charge in [0, 0.05) is 12.6 Å². The lowest BCUT2D eigenvalue weighted by atomic mass is 10.2. The van der Waals surface area contributed by atoms with E-state index >= 15 is 0 Å². The van der Waals surface area contributed by atoms with Crippen molar-refractivity contribution in [1.29, 1.82) is 0 Å². The number of aliphatic hydroxyl groups is 1. The Hall–Kier alpha value is -1.52. The molecule has 1 aromatic heterocycles. The van der Waals surface area contributed by atoms with Gasteiger partial charge in [-0.1, -0.05) is 19.9 Å². The Bertz CT molecular complexity index is 492. The SMILES string of the molecule is CC(C)NCC(O)COc1cccc2occc12. The molecule has 2 aromatic rings. The molecule has 0 amide bonds. The molecule has 0 bridgehead atoms. The van der Waals surface area contributed by atoms with Crippen molar-refractivity contribution in [2.45, 2.75) is 26.0 Å². The zero-order valence-corrected chi connectivity index (χ0v) is 10.7. The zero-order valence-electron chi connectivity index (χ0n) is 10.7. The summed E-state index contributed by atoms with van der Waals surface area (Å²) < 4.78 is 10.9. The van der Waals surface area contributed by atoms with Gasteiger partial charge in [0.2, 0.25) is 0 Å². The largest absolute Gasteiger partial charge is 0.490 e. The van der Waals surface area contributed by atoms with Crippen molar-refractivity contribution >= 4 is 11.0 Å². The molecule has 4 heteroatoms. The molecule has 4 nitrogen and oxygen atoms in total. The summed E-state index contributed by atoms with van der Waals surface area (Å²) in [5, 5.41) is 13.9. The fourth-order valence-corrected chi connectivity index (χ4v) is 1.71. The van der Waals surface area contributed by atoms with Crippen LogP contribution in [0.3, 0.4) is 0 Å². The van der Waals surface area contributed by atoms with Crippen molar-refractivity contribution < 1.29 is 14.3 Å². The number of furan rings is 1. The summed E-state index contributed by atoms with van der Waals surface area (Å²) in [5.74, 6) is 0.741. The zero-order chi connectivity index (χ0) is 13.0. The third-order valence-corrected chi connectivity index (χ3v) is 2.65. The number of aliphatic hydroxyl groups excluding tert-OH is 1. The van der Waals surface area contributed by atoms with Gasteiger partial charge in [-0.25, -0.2) is 0 Å². The minimum atomic E-state index is -0.519. The van der Waals surface area contributed by atoms with E-state index in [-0.39, 0.29) is 6.61 Å². The van der Waals surface area contributed by atoms with Gasteiger partial charge in [0.25, 0.3) is 0 Å². The molecular weight excluding hydrogens is 230 g/mol. The number of hydrogen-bond acceptors (Lipinski definition) is 4. The Morgan fingerprint density at radius 3 is 2.94 bits per heavy atom. The quantitative estimate of drug-likeness (QED) is 0.824. The van der Waals surface area contributed by atoms with Crippen LogP contribution in [-0.4, -0.2) is 30.4 Å². The lowest BCUT2D eigenvalue weighted by Gasteiger charge is -2.15. The van der Waals surface area contributed by atoms with Gasteiger partial charge in [-0.15, -0.1) is 0 Å². The number of hydrogen-bond donors (Lipinski definition) is 2. The molecule has 0 aliphatic heterocycles. The van der Waals surface area contributed by atoms with Gasteiger partial charge >= 0.3 is 0 Å². The normalized spacial score (nSPS) is 13.1. The third-order valence-electron chi connectivity index (χ3n) is 2.65. The minimum Gasteiger partial charge on any atom is -0.490 e. The van der Waals surface area contributed by atoms with Gasteiger partial charge in [0.15, 0.2) is 0 Å². The molecule has 0 aliphatic carbocycles. The van der Waals surface area contributed by atoms with E-state index in [1.807, 2.05) is 38.1 Å². The molecule has 18 heavy (non-hydrogen) atoms. The second-order valence-corrected chi connectivity index (χ2v) is 4.62. The number of ether oxygens (including phenoxy) is 1. The monoisotopic (exact) mass is 249 g/mol. The average molecular weight is 249 g/mol. The predicted octanol–water partition coefficient (Wildman–Crippen LogP) is 2.17. The van der Waals surface area contributed by atoms with Crippen LogP contribution in [0.25, 0.3) is 11.0 Å². The summed E-state index contributed by atoms with van der Waals surface area (Å²) in [7, 11) is 0. The van der Waals surface area contributed by atoms with Crippen molar-refractivity contribution in [2.75, 3.05) is 13.2 Å². The van der Waals surface area contributed by atoms with E-state index in [0.29, 0.717) is 12.6 Å². The first-order valence-electron chi connectivity index (χ1n) is 6.17. The highest BCUT2D eigenvalue weighted by Gasteiger charge is 2.08. The van der Waals surface area contributed by atoms with Gasteiger partial charge in [-0.3, -0.25) is 0 Å². The van der Waals surface area contributed by atoms with E-state index in [4.69, 9.17) is 9.15 Å². The molecule has 0 spiro atoms. The molecule has 0 radical (unpaired) electrons. The fourth-order valence-electron chi connectivity index (χ4n) is 1.71. The first-order chi connectivity index (χ1) is 8.66. The summed E-state index contributed by atoms with van der Waals surface area (Å²) in [4.78, 5) is 0. The highest BCUT2D eigenvalue weighted by molar-refractivity contribution is 5.83. The summed E-state index contributed by atoms with van der Waals surface area (Å²) in [6.07, 6.45) is 1.11. The van der Waals surface area contributed by atoms with Crippen LogP contribution in [0.15, 0.2) is 34.9 Å². The topological polar surface area (TPSA) is 54.6 Å². The minimum absolute atomic E-state index is 0.268. The molecular formula is C14H19NO3. The van der Waals surface area contributed by atoms with Gasteiger partial charge < -0.3 is 19.6 Å². The van der Waals surface area contributed by atoms with Crippen molar-refractivity contribution in [3.8, 4) is 5.75 Å². The van der Waals surface area contributed by atoms with Gasteiger partial charge in [-0.2, -0.15) is 0 Å². The van der Waals surface area contributed by atoms with Crippen molar-refractivity contribution in [2.24, 2.45) is 0 Å². The van der Waals surface area contributed by atoms with E-state index in [1.165, 1.54) is 0 Å². The lowest BCUT2D eigenvalue weighted by Crippen LogP contribution is -2.35. The van der Waals surface area contributed by atoms with Crippen LogP contribution in [0.5, 0.6) is 5.75 Å². The third kappa shape index (κ3) is 3.24. The van der Waals surface area contributed by atoms with Gasteiger partial charge in [0.05, 0.1) is 11.6 Å². The maximum Gasteiger partial charge on any atom is 0.137 e. The highest BCUT2D eigenvalue weighted by Crippen LogP contribution is 2.26. The molecule has 0 saturated carbocycles. The predicted molar refractivity (Wildman–Crippen MR) is 70.9 cm³/mol. The molecule has 0 aliphatic rings. The van der Waals surface area contributed by atoms with E-state index in [9.17, 15) is 5.11 Å². The number of rotatable bonds is 6. The lowest BCUT2D eigenvalue weighted by molar-refractivity contribution is 0.105.